The van der Waals surface area contributed by atoms with Gasteiger partial charge in [0, 0.05) is 47.3 Å². The molecule has 1 aromatic heterocycles. The van der Waals surface area contributed by atoms with Crippen LogP contribution in [0.15, 0.2) is 164 Å². The highest BCUT2D eigenvalue weighted by atomic mass is 79.9. The van der Waals surface area contributed by atoms with E-state index < -0.39 is 0 Å². The van der Waals surface area contributed by atoms with Crippen LogP contribution in [-0.2, 0) is 6.54 Å². The Hall–Kier alpha value is -4.67. The van der Waals surface area contributed by atoms with Gasteiger partial charge in [-0.25, -0.2) is 4.57 Å². The van der Waals surface area contributed by atoms with E-state index in [1.165, 1.54) is 33.4 Å². The minimum atomic E-state index is 0. The predicted molar refractivity (Wildman–Crippen MR) is 202 cm³/mol. The van der Waals surface area contributed by atoms with E-state index in [9.17, 15) is 0 Å². The molecule has 0 aliphatic rings. The molecule has 6 aromatic rings. The molecule has 0 atom stereocenters. The first-order valence-corrected chi connectivity index (χ1v) is 17.3. The summed E-state index contributed by atoms with van der Waals surface area (Å²) in [4.78, 5) is 0. The third-order valence-electron chi connectivity index (χ3n) is 7.57. The van der Waals surface area contributed by atoms with Gasteiger partial charge in [-0.2, -0.15) is 0 Å². The highest BCUT2D eigenvalue weighted by Gasteiger charge is 2.04. The average Bonchev–Trinajstić information content (AvgIpc) is 3.15. The Morgan fingerprint density at radius 1 is 0.438 bits per heavy atom. The molecule has 0 fully saturated rings. The minimum absolute atomic E-state index is 0. The van der Waals surface area contributed by atoms with Crippen molar-refractivity contribution in [2.75, 3.05) is 5.33 Å². The largest absolute Gasteiger partial charge is 1.00 e. The lowest BCUT2D eigenvalue weighted by Gasteiger charge is -2.01. The molecule has 6 rings (SSSR count). The van der Waals surface area contributed by atoms with Crippen molar-refractivity contribution in [3.05, 3.63) is 175 Å². The summed E-state index contributed by atoms with van der Waals surface area (Å²) in [5.41, 5.74) is 9.61. The third-order valence-corrected chi connectivity index (χ3v) is 8.13. The quantitative estimate of drug-likeness (QED) is 0.0642. The van der Waals surface area contributed by atoms with E-state index in [1.54, 1.807) is 0 Å². The molecule has 48 heavy (non-hydrogen) atoms. The number of halogens is 2. The Bertz CT molecular complexity index is 1910. The number of hydrogen-bond acceptors (Lipinski definition) is 0. The Kier molecular flexibility index (Phi) is 15.5. The number of nitrogens with zero attached hydrogens (tertiary/aromatic N) is 1. The van der Waals surface area contributed by atoms with Crippen molar-refractivity contribution < 1.29 is 21.5 Å². The fraction of sp³-hybridized carbons (Fsp3) is 0.133. The smallest absolute Gasteiger partial charge is 0.176 e. The molecule has 1 nitrogen and oxygen atoms in total. The second kappa shape index (κ2) is 20.5. The molecule has 0 amide bonds. The van der Waals surface area contributed by atoms with Crippen LogP contribution in [0, 0.1) is 23.7 Å². The van der Waals surface area contributed by atoms with Crippen LogP contribution in [0.1, 0.15) is 36.8 Å². The number of rotatable bonds is 8. The number of pyridine rings is 1. The fourth-order valence-corrected chi connectivity index (χ4v) is 5.33. The standard InChI is InChI=1S/C28H24N.C17H15Br.BrH/c1-5-12-25(13-6-1)27-19-17-24(18-20-27)11-4-3-9-21-29-22-10-16-28(23-29)26-14-7-2-8-15-26;18-14-6-2-3-7-15-10-12-17(13-11-15)16-8-4-1-5-9-16;/h1-2,5-8,10,12-20,22-23H,3,9,21H2;1,4-5,8-13H,2,6,14H2;1H/q+1;;/p-1. The lowest BCUT2D eigenvalue weighted by molar-refractivity contribution is -0.696. The molecule has 0 radical (unpaired) electrons. The van der Waals surface area contributed by atoms with Crippen LogP contribution in [0.2, 0.25) is 0 Å². The van der Waals surface area contributed by atoms with E-state index in [0.29, 0.717) is 0 Å². The minimum Gasteiger partial charge on any atom is -1.00 e. The van der Waals surface area contributed by atoms with Gasteiger partial charge >= 0.3 is 0 Å². The van der Waals surface area contributed by atoms with Crippen molar-refractivity contribution in [3.8, 4) is 57.1 Å². The number of unbranched alkanes of at least 4 members (excludes halogenated alkanes) is 2. The second-order valence-electron chi connectivity index (χ2n) is 11.1. The summed E-state index contributed by atoms with van der Waals surface area (Å²) < 4.78 is 2.25. The average molecular weight is 754 g/mol. The monoisotopic (exact) mass is 751 g/mol. The Labute approximate surface area is 305 Å². The van der Waals surface area contributed by atoms with Crippen LogP contribution in [0.25, 0.3) is 33.4 Å². The fourth-order valence-electron chi connectivity index (χ4n) is 5.05. The summed E-state index contributed by atoms with van der Waals surface area (Å²) in [5.74, 6) is 13.0. The van der Waals surface area contributed by atoms with E-state index in [-0.39, 0.29) is 17.0 Å². The zero-order valence-electron chi connectivity index (χ0n) is 27.0. The Morgan fingerprint density at radius 3 is 1.29 bits per heavy atom. The molecule has 3 heteroatoms. The van der Waals surface area contributed by atoms with E-state index in [0.717, 1.165) is 48.7 Å². The van der Waals surface area contributed by atoms with Crippen molar-refractivity contribution >= 4 is 15.9 Å². The normalized spacial score (nSPS) is 9.77. The zero-order chi connectivity index (χ0) is 32.4. The molecule has 0 aliphatic carbocycles. The maximum Gasteiger partial charge on any atom is 0.176 e. The van der Waals surface area contributed by atoms with Gasteiger partial charge in [0.05, 0.1) is 0 Å². The van der Waals surface area contributed by atoms with E-state index in [1.807, 2.05) is 18.2 Å². The number of alkyl halides is 1. The zero-order valence-corrected chi connectivity index (χ0v) is 30.2. The first kappa shape index (κ1) is 36.2. The Morgan fingerprint density at radius 2 is 0.833 bits per heavy atom. The lowest BCUT2D eigenvalue weighted by Crippen LogP contribution is -3.00. The number of benzene rings is 5. The van der Waals surface area contributed by atoms with Crippen molar-refractivity contribution in [1.82, 2.24) is 0 Å². The number of aryl methyl sites for hydroxylation is 1. The molecule has 1 heterocycles. The van der Waals surface area contributed by atoms with Crippen molar-refractivity contribution in [2.45, 2.75) is 32.2 Å². The molecule has 0 N–H and O–H groups in total. The van der Waals surface area contributed by atoms with Gasteiger partial charge in [0.1, 0.15) is 6.54 Å². The highest BCUT2D eigenvalue weighted by molar-refractivity contribution is 9.09. The molecular weight excluding hydrogens is 714 g/mol. The van der Waals surface area contributed by atoms with Crippen LogP contribution in [0.4, 0.5) is 0 Å². The lowest BCUT2D eigenvalue weighted by atomic mass is 10.0. The summed E-state index contributed by atoms with van der Waals surface area (Å²) in [7, 11) is 0. The van der Waals surface area contributed by atoms with Gasteiger partial charge in [0.25, 0.3) is 0 Å². The highest BCUT2D eigenvalue weighted by Crippen LogP contribution is 2.20. The van der Waals surface area contributed by atoms with Gasteiger partial charge in [-0.3, -0.25) is 0 Å². The second-order valence-corrected chi connectivity index (χ2v) is 11.9. The molecule has 0 spiro atoms. The van der Waals surface area contributed by atoms with Crippen molar-refractivity contribution in [3.63, 3.8) is 0 Å². The van der Waals surface area contributed by atoms with Crippen LogP contribution < -0.4 is 21.5 Å². The molecular formula is C45H39Br2N. The van der Waals surface area contributed by atoms with E-state index in [4.69, 9.17) is 0 Å². The van der Waals surface area contributed by atoms with Crippen molar-refractivity contribution in [2.24, 2.45) is 0 Å². The van der Waals surface area contributed by atoms with Gasteiger partial charge in [-0.15, -0.1) is 0 Å². The molecule has 0 unspecified atom stereocenters. The Balaban J connectivity index is 0.000000236. The first-order valence-electron chi connectivity index (χ1n) is 16.2. The van der Waals surface area contributed by atoms with Crippen molar-refractivity contribution in [1.29, 1.82) is 0 Å². The third kappa shape index (κ3) is 11.8. The number of hydrogen-bond donors (Lipinski definition) is 0. The summed E-state index contributed by atoms with van der Waals surface area (Å²) in [6.07, 6.45) is 8.33. The molecule has 0 saturated carbocycles. The van der Waals surface area contributed by atoms with Gasteiger partial charge in [-0.05, 0) is 64.6 Å². The summed E-state index contributed by atoms with van der Waals surface area (Å²) in [6, 6.07) is 52.5. The first-order chi connectivity index (χ1) is 23.3. The molecule has 0 bridgehead atoms. The topological polar surface area (TPSA) is 3.88 Å². The number of aromatic nitrogens is 1. The molecule has 5 aromatic carbocycles. The van der Waals surface area contributed by atoms with Crippen LogP contribution in [0.5, 0.6) is 0 Å². The molecule has 0 aliphatic heterocycles. The SMILES string of the molecule is BrCCCC#Cc1ccc(-c2ccccc2)cc1.C(#Cc1ccc(-c2ccccc2)cc1)CCC[n+]1cccc(-c2ccccc2)c1.[Br-]. The van der Waals surface area contributed by atoms with Gasteiger partial charge in [0.15, 0.2) is 12.4 Å². The van der Waals surface area contributed by atoms with E-state index >= 15 is 0 Å². The van der Waals surface area contributed by atoms with Crippen LogP contribution in [0.3, 0.4) is 0 Å². The maximum atomic E-state index is 3.40. The van der Waals surface area contributed by atoms with Crippen LogP contribution >= 0.6 is 15.9 Å². The van der Waals surface area contributed by atoms with Gasteiger partial charge < -0.3 is 17.0 Å². The summed E-state index contributed by atoms with van der Waals surface area (Å²) in [5, 5.41) is 1.02. The molecule has 0 saturated heterocycles. The summed E-state index contributed by atoms with van der Waals surface area (Å²) >= 11 is 3.40. The van der Waals surface area contributed by atoms with Crippen LogP contribution in [-0.4, -0.2) is 5.33 Å². The summed E-state index contributed by atoms with van der Waals surface area (Å²) in [6.45, 7) is 0.975. The van der Waals surface area contributed by atoms with Gasteiger partial charge in [0.2, 0.25) is 0 Å². The van der Waals surface area contributed by atoms with E-state index in [2.05, 4.69) is 190 Å². The predicted octanol–water partition coefficient (Wildman–Crippen LogP) is 8.02. The van der Waals surface area contributed by atoms with Gasteiger partial charge in [-0.1, -0.05) is 155 Å². The molecule has 238 valence electrons. The maximum absolute atomic E-state index is 3.40.